The second-order valence-electron chi connectivity index (χ2n) is 2.81. The molecule has 10 heavy (non-hydrogen) atoms. The molecule has 0 amide bonds. The van der Waals surface area contributed by atoms with Crippen molar-refractivity contribution in [2.24, 2.45) is 5.92 Å². The summed E-state index contributed by atoms with van der Waals surface area (Å²) in [6, 6.07) is 0. The largest absolute Gasteiger partial charge is 0.322 e. The summed E-state index contributed by atoms with van der Waals surface area (Å²) >= 11 is 0. The minimum absolute atomic E-state index is 0.0797. The van der Waals surface area contributed by atoms with Crippen LogP contribution in [0.15, 0.2) is 12.3 Å². The topological polar surface area (TPSA) is 24.1 Å². The van der Waals surface area contributed by atoms with Crippen molar-refractivity contribution in [3.05, 3.63) is 12.3 Å². The molecule has 0 rings (SSSR count). The van der Waals surface area contributed by atoms with E-state index in [0.29, 0.717) is 5.92 Å². The van der Waals surface area contributed by atoms with Crippen LogP contribution in [0, 0.1) is 5.92 Å². The fourth-order valence-electron chi connectivity index (χ4n) is 0.328. The van der Waals surface area contributed by atoms with Crippen molar-refractivity contribution < 1.29 is 0 Å². The number of nitrogens with one attached hydrogen (secondary N) is 2. The van der Waals surface area contributed by atoms with Crippen LogP contribution in [0.4, 0.5) is 0 Å². The molecule has 2 N–H and O–H groups in total. The Bertz CT molecular complexity index is 110. The third kappa shape index (κ3) is 4.78. The van der Waals surface area contributed by atoms with E-state index in [9.17, 15) is 0 Å². The van der Waals surface area contributed by atoms with Gasteiger partial charge in [-0.15, -0.1) is 0 Å². The monoisotopic (exact) mass is 160 g/mol. The molecule has 0 fully saturated rings. The zero-order valence-electron chi connectivity index (χ0n) is 7.23. The van der Waals surface area contributed by atoms with Crippen LogP contribution in [0.25, 0.3) is 0 Å². The molecule has 0 saturated carbocycles. The van der Waals surface area contributed by atoms with Crippen molar-refractivity contribution in [3.63, 3.8) is 0 Å². The minimum atomic E-state index is -0.0797. The third-order valence-electron chi connectivity index (χ3n) is 1.14. The molecule has 0 spiro atoms. The lowest BCUT2D eigenvalue weighted by atomic mass is 10.2. The van der Waals surface area contributed by atoms with Crippen LogP contribution in [0.5, 0.6) is 0 Å². The standard InChI is InChI=1S/C7H17N2P/c1-6(2)7(3)8-9-10(4)5/h6,8-9H,3H2,1-2,4-5H3. The van der Waals surface area contributed by atoms with Gasteiger partial charge in [0.15, 0.2) is 0 Å². The summed E-state index contributed by atoms with van der Waals surface area (Å²) in [6.07, 6.45) is 0. The molecule has 3 heteroatoms. The molecule has 0 unspecified atom stereocenters. The van der Waals surface area contributed by atoms with Gasteiger partial charge in [0.2, 0.25) is 0 Å². The normalized spacial score (nSPS) is 10.6. The molecule has 0 aliphatic rings. The van der Waals surface area contributed by atoms with Crippen molar-refractivity contribution in [3.8, 4) is 0 Å². The van der Waals surface area contributed by atoms with E-state index in [1.165, 1.54) is 0 Å². The molecule has 0 heterocycles. The highest BCUT2D eigenvalue weighted by atomic mass is 31.1. The van der Waals surface area contributed by atoms with Gasteiger partial charge in [-0.1, -0.05) is 20.4 Å². The second kappa shape index (κ2) is 4.70. The van der Waals surface area contributed by atoms with Crippen LogP contribution in [0.2, 0.25) is 0 Å². The molecule has 0 aromatic rings. The fourth-order valence-corrected chi connectivity index (χ4v) is 0.695. The molecule has 0 saturated heterocycles. The van der Waals surface area contributed by atoms with E-state index in [2.05, 4.69) is 44.4 Å². The van der Waals surface area contributed by atoms with Gasteiger partial charge in [0.05, 0.1) is 0 Å². The van der Waals surface area contributed by atoms with Crippen LogP contribution in [-0.4, -0.2) is 13.3 Å². The van der Waals surface area contributed by atoms with Crippen LogP contribution >= 0.6 is 8.07 Å². The SMILES string of the molecule is C=C(NNP(C)C)C(C)C. The van der Waals surface area contributed by atoms with Gasteiger partial charge < -0.3 is 5.43 Å². The summed E-state index contributed by atoms with van der Waals surface area (Å²) in [5.74, 6) is 0.502. The van der Waals surface area contributed by atoms with Gasteiger partial charge in [0.1, 0.15) is 0 Å². The Labute approximate surface area is 64.9 Å². The molecule has 0 atom stereocenters. The Balaban J connectivity index is 3.40. The Kier molecular flexibility index (Phi) is 4.67. The first kappa shape index (κ1) is 9.93. The fraction of sp³-hybridized carbons (Fsp3) is 0.714. The lowest BCUT2D eigenvalue weighted by molar-refractivity contribution is 0.647. The maximum atomic E-state index is 3.86. The van der Waals surface area contributed by atoms with Crippen LogP contribution in [-0.2, 0) is 0 Å². The number of hydrazine groups is 1. The summed E-state index contributed by atoms with van der Waals surface area (Å²) in [5.41, 5.74) is 4.12. The number of allylic oxidation sites excluding steroid dienone is 1. The molecule has 0 radical (unpaired) electrons. The molecule has 60 valence electrons. The van der Waals surface area contributed by atoms with Crippen LogP contribution < -0.4 is 10.6 Å². The molecule has 0 aromatic heterocycles. The van der Waals surface area contributed by atoms with Gasteiger partial charge in [-0.3, -0.25) is 0 Å². The first-order valence-electron chi connectivity index (χ1n) is 3.41. The van der Waals surface area contributed by atoms with Crippen molar-refractivity contribution in [1.29, 1.82) is 0 Å². The smallest absolute Gasteiger partial charge is 0.0218 e. The molecule has 2 nitrogen and oxygen atoms in total. The highest BCUT2D eigenvalue weighted by Crippen LogP contribution is 2.15. The van der Waals surface area contributed by atoms with Crippen molar-refractivity contribution >= 4 is 8.07 Å². The summed E-state index contributed by atoms with van der Waals surface area (Å²) < 4.78 is 0. The Morgan fingerprint density at radius 3 is 2.20 bits per heavy atom. The first-order chi connectivity index (χ1) is 4.54. The van der Waals surface area contributed by atoms with Gasteiger partial charge in [0.25, 0.3) is 0 Å². The predicted molar refractivity (Wildman–Crippen MR) is 49.0 cm³/mol. The van der Waals surface area contributed by atoms with Crippen LogP contribution in [0.3, 0.4) is 0 Å². The Hall–Kier alpha value is -0.0700. The lowest BCUT2D eigenvalue weighted by Crippen LogP contribution is -2.27. The maximum Gasteiger partial charge on any atom is 0.0218 e. The van der Waals surface area contributed by atoms with E-state index >= 15 is 0 Å². The van der Waals surface area contributed by atoms with Gasteiger partial charge >= 0.3 is 0 Å². The number of rotatable bonds is 4. The average Bonchev–Trinajstić information content (AvgIpc) is 1.82. The summed E-state index contributed by atoms with van der Waals surface area (Å²) in [5, 5.41) is 3.14. The van der Waals surface area contributed by atoms with E-state index in [4.69, 9.17) is 0 Å². The highest BCUT2D eigenvalue weighted by Gasteiger charge is 1.98. The number of hydrogen-bond donors (Lipinski definition) is 2. The van der Waals surface area contributed by atoms with E-state index in [0.717, 1.165) is 5.70 Å². The highest BCUT2D eigenvalue weighted by molar-refractivity contribution is 7.53. The van der Waals surface area contributed by atoms with Crippen LogP contribution in [0.1, 0.15) is 13.8 Å². The maximum absolute atomic E-state index is 3.86. The molecule has 0 aliphatic carbocycles. The summed E-state index contributed by atoms with van der Waals surface area (Å²) in [7, 11) is -0.0797. The van der Waals surface area contributed by atoms with E-state index in [1.807, 2.05) is 0 Å². The second-order valence-corrected chi connectivity index (χ2v) is 4.82. The lowest BCUT2D eigenvalue weighted by Gasteiger charge is -2.15. The molecule has 0 aliphatic heterocycles. The average molecular weight is 160 g/mol. The van der Waals surface area contributed by atoms with Gasteiger partial charge in [0, 0.05) is 5.70 Å². The zero-order chi connectivity index (χ0) is 8.15. The van der Waals surface area contributed by atoms with Crippen molar-refractivity contribution in [1.82, 2.24) is 10.6 Å². The van der Waals surface area contributed by atoms with Gasteiger partial charge in [-0.25, -0.2) is 5.20 Å². The van der Waals surface area contributed by atoms with E-state index in [1.54, 1.807) is 0 Å². The first-order valence-corrected chi connectivity index (χ1v) is 5.65. The van der Waals surface area contributed by atoms with E-state index < -0.39 is 0 Å². The molecule has 0 aromatic carbocycles. The quantitative estimate of drug-likeness (QED) is 0.485. The van der Waals surface area contributed by atoms with E-state index in [-0.39, 0.29) is 8.07 Å². The Morgan fingerprint density at radius 2 is 1.90 bits per heavy atom. The predicted octanol–water partition coefficient (Wildman–Crippen LogP) is 1.91. The summed E-state index contributed by atoms with van der Waals surface area (Å²) in [4.78, 5) is 0. The molecule has 0 bridgehead atoms. The number of hydrogen-bond acceptors (Lipinski definition) is 2. The van der Waals surface area contributed by atoms with Gasteiger partial charge in [-0.2, -0.15) is 0 Å². The molecular weight excluding hydrogens is 143 g/mol. The van der Waals surface area contributed by atoms with Gasteiger partial charge in [-0.05, 0) is 27.3 Å². The summed E-state index contributed by atoms with van der Waals surface area (Å²) in [6.45, 7) is 12.4. The zero-order valence-corrected chi connectivity index (χ0v) is 8.13. The van der Waals surface area contributed by atoms with Crippen molar-refractivity contribution in [2.45, 2.75) is 13.8 Å². The minimum Gasteiger partial charge on any atom is -0.322 e. The third-order valence-corrected chi connectivity index (χ3v) is 1.70. The van der Waals surface area contributed by atoms with Crippen molar-refractivity contribution in [2.75, 3.05) is 13.3 Å². The molecular formula is C7H17N2P. The Morgan fingerprint density at radius 1 is 1.40 bits per heavy atom.